The number of aryl methyl sites for hydroxylation is 4. The Labute approximate surface area is 375 Å². The minimum Gasteiger partial charge on any atom is -0.457 e. The van der Waals surface area contributed by atoms with Crippen molar-refractivity contribution in [2.75, 3.05) is 0 Å². The predicted molar refractivity (Wildman–Crippen MR) is 258 cm³/mol. The summed E-state index contributed by atoms with van der Waals surface area (Å²) < 4.78 is 64.5. The van der Waals surface area contributed by atoms with Crippen LogP contribution in [0, 0.1) is 13.7 Å². The van der Waals surface area contributed by atoms with E-state index in [1.54, 1.807) is 0 Å². The van der Waals surface area contributed by atoms with Crippen LogP contribution in [0.1, 0.15) is 107 Å². The summed E-state index contributed by atoms with van der Waals surface area (Å²) >= 11 is 0. The SMILES string of the molecule is [2H]C([2H])([2H])c1ccc2c3c1c1ccc(Oc4ccc5c(c4)c4nc6c7n4c4c(ccc(C([2H])([2H])[2H])c54)C(C)(C)C7(C)CCc4ccccc4-6)cc1c1nc4c(n13)C(C)(CCc1ccccc1-4)C2(C)C. The fraction of sp³-hybridized carbons (Fsp3) is 0.276. The number of nitrogens with zero attached hydrogens (tertiary/aromatic N) is 4. The summed E-state index contributed by atoms with van der Waals surface area (Å²) in [5.41, 5.74) is 13.8. The van der Waals surface area contributed by atoms with Crippen molar-refractivity contribution in [3.8, 4) is 34.0 Å². The Bertz CT molecular complexity index is 3760. The first-order chi connectivity index (χ1) is 32.7. The molecule has 0 saturated carbocycles. The first-order valence-corrected chi connectivity index (χ1v) is 22.5. The molecule has 4 aromatic heterocycles. The molecule has 5 nitrogen and oxygen atoms in total. The summed E-state index contributed by atoms with van der Waals surface area (Å²) in [4.78, 5) is 11.2. The van der Waals surface area contributed by atoms with E-state index in [-0.39, 0.29) is 21.7 Å². The van der Waals surface area contributed by atoms with Crippen LogP contribution in [0.4, 0.5) is 0 Å². The Kier molecular flexibility index (Phi) is 5.52. The molecule has 0 saturated heterocycles. The molecule has 63 heavy (non-hydrogen) atoms. The molecule has 6 aromatic carbocycles. The van der Waals surface area contributed by atoms with Crippen molar-refractivity contribution in [2.24, 2.45) is 0 Å². The van der Waals surface area contributed by atoms with Gasteiger partial charge in [0.05, 0.1) is 33.8 Å². The van der Waals surface area contributed by atoms with Crippen molar-refractivity contribution in [1.82, 2.24) is 18.8 Å². The normalized spacial score (nSPS) is 23.0. The van der Waals surface area contributed by atoms with Crippen molar-refractivity contribution in [3.63, 3.8) is 0 Å². The Morgan fingerprint density at radius 3 is 1.41 bits per heavy atom. The van der Waals surface area contributed by atoms with Crippen molar-refractivity contribution >= 4 is 54.6 Å². The molecule has 0 bridgehead atoms. The number of pyridine rings is 2. The summed E-state index contributed by atoms with van der Waals surface area (Å²) in [6.07, 6.45) is 3.63. The van der Waals surface area contributed by atoms with E-state index in [1.807, 2.05) is 48.5 Å². The third kappa shape index (κ3) is 4.08. The van der Waals surface area contributed by atoms with E-state index in [9.17, 15) is 0 Å². The number of ether oxygens (including phenoxy) is 1. The lowest BCUT2D eigenvalue weighted by Crippen LogP contribution is -2.46. The minimum atomic E-state index is -2.37. The molecule has 14 rings (SSSR count). The number of hydrogen-bond acceptors (Lipinski definition) is 3. The van der Waals surface area contributed by atoms with Gasteiger partial charge in [0, 0.05) is 62.6 Å². The highest BCUT2D eigenvalue weighted by Crippen LogP contribution is 2.59. The molecule has 0 spiro atoms. The number of rotatable bonds is 2. The average molecular weight is 825 g/mol. The van der Waals surface area contributed by atoms with E-state index in [1.165, 1.54) is 11.1 Å². The van der Waals surface area contributed by atoms with Crippen LogP contribution in [0.25, 0.3) is 77.2 Å². The predicted octanol–water partition coefficient (Wildman–Crippen LogP) is 14.3. The van der Waals surface area contributed by atoms with Crippen LogP contribution in [-0.2, 0) is 34.5 Å². The van der Waals surface area contributed by atoms with Gasteiger partial charge in [0.2, 0.25) is 0 Å². The van der Waals surface area contributed by atoms with Crippen LogP contribution in [-0.4, -0.2) is 18.8 Å². The van der Waals surface area contributed by atoms with Gasteiger partial charge in [0.25, 0.3) is 0 Å². The van der Waals surface area contributed by atoms with E-state index in [0.717, 1.165) is 125 Å². The molecule has 0 amide bonds. The zero-order valence-electron chi connectivity index (χ0n) is 42.4. The quantitative estimate of drug-likeness (QED) is 0.163. The smallest absolute Gasteiger partial charge is 0.146 e. The third-order valence-corrected chi connectivity index (χ3v) is 17.3. The highest BCUT2D eigenvalue weighted by molar-refractivity contribution is 6.17. The zero-order chi connectivity index (χ0) is 47.7. The van der Waals surface area contributed by atoms with Crippen LogP contribution in [0.2, 0.25) is 0 Å². The van der Waals surface area contributed by atoms with E-state index in [2.05, 4.69) is 111 Å². The molecule has 0 fully saturated rings. The lowest BCUT2D eigenvalue weighted by Gasteiger charge is -2.48. The van der Waals surface area contributed by atoms with Gasteiger partial charge in [0.15, 0.2) is 0 Å². The fourth-order valence-electron chi connectivity index (χ4n) is 13.1. The van der Waals surface area contributed by atoms with Gasteiger partial charge in [-0.15, -0.1) is 0 Å². The maximum absolute atomic E-state index is 8.83. The lowest BCUT2D eigenvalue weighted by atomic mass is 9.57. The largest absolute Gasteiger partial charge is 0.457 e. The third-order valence-electron chi connectivity index (χ3n) is 17.3. The Morgan fingerprint density at radius 1 is 0.524 bits per heavy atom. The van der Waals surface area contributed by atoms with Crippen LogP contribution < -0.4 is 4.74 Å². The Morgan fingerprint density at radius 2 is 0.968 bits per heavy atom. The van der Waals surface area contributed by atoms with Crippen molar-refractivity contribution in [2.45, 2.75) is 103 Å². The van der Waals surface area contributed by atoms with Crippen LogP contribution in [0.15, 0.2) is 109 Å². The number of benzene rings is 6. The second kappa shape index (κ2) is 11.4. The molecule has 5 heteroatoms. The first-order valence-electron chi connectivity index (χ1n) is 25.5. The molecule has 2 aliphatic carbocycles. The summed E-state index contributed by atoms with van der Waals surface area (Å²) in [5.74, 6) is 1.14. The second-order valence-electron chi connectivity index (χ2n) is 20.4. The number of hydrogen-bond donors (Lipinski definition) is 0. The van der Waals surface area contributed by atoms with Gasteiger partial charge in [-0.2, -0.15) is 0 Å². The molecular formula is C58H50N4O. The standard InChI is InChI=1S/C58H50N4O/c1-31-17-23-43-49-45(31)39-21-19-35(29-41(39)53-59-47-37-15-11-9-13-33(37)25-27-57(7,55(43,3)4)51(47)61(49)53)63-36-20-22-40-42(30-36)54-60-48-38-16-12-10-14-34(38)26-28-58(8)52(48)62(54)50-44(56(58,5)6)24-18-32(2)46(40)50/h9-24,29-30H,25-28H2,1-8H3/i1D3,2D3. The van der Waals surface area contributed by atoms with E-state index < -0.39 is 13.7 Å². The van der Waals surface area contributed by atoms with Crippen molar-refractivity contribution in [1.29, 1.82) is 0 Å². The first kappa shape index (κ1) is 30.6. The second-order valence-corrected chi connectivity index (χ2v) is 20.4. The lowest BCUT2D eigenvalue weighted by molar-refractivity contribution is 0.247. The van der Waals surface area contributed by atoms with Gasteiger partial charge in [0.1, 0.15) is 22.8 Å². The molecule has 0 N–H and O–H groups in total. The minimum absolute atomic E-state index is 0.316. The van der Waals surface area contributed by atoms with Gasteiger partial charge in [-0.05, 0) is 120 Å². The van der Waals surface area contributed by atoms with Gasteiger partial charge in [-0.1, -0.05) is 114 Å². The summed E-state index contributed by atoms with van der Waals surface area (Å²) in [7, 11) is 0. The molecule has 4 aliphatic rings. The van der Waals surface area contributed by atoms with Gasteiger partial charge in [-0.3, -0.25) is 8.80 Å². The average Bonchev–Trinajstić information content (AvgIpc) is 3.86. The molecule has 2 unspecified atom stereocenters. The Balaban J connectivity index is 1.04. The van der Waals surface area contributed by atoms with Crippen LogP contribution in [0.3, 0.4) is 0 Å². The van der Waals surface area contributed by atoms with E-state index in [4.69, 9.17) is 22.9 Å². The number of aromatic nitrogens is 4. The molecule has 308 valence electrons. The highest BCUT2D eigenvalue weighted by atomic mass is 16.5. The zero-order valence-corrected chi connectivity index (χ0v) is 36.4. The Hall–Kier alpha value is -6.46. The van der Waals surface area contributed by atoms with Gasteiger partial charge >= 0.3 is 0 Å². The molecule has 10 aromatic rings. The fourth-order valence-corrected chi connectivity index (χ4v) is 13.1. The monoisotopic (exact) mass is 824 g/mol. The summed E-state index contributed by atoms with van der Waals surface area (Å²) in [6, 6.07) is 36.8. The van der Waals surface area contributed by atoms with Crippen LogP contribution in [0.5, 0.6) is 11.5 Å². The number of fused-ring (bicyclic) bond motifs is 10. The molecule has 2 atom stereocenters. The molecule has 2 aliphatic heterocycles. The maximum atomic E-state index is 8.83. The molecule has 6 heterocycles. The van der Waals surface area contributed by atoms with Crippen molar-refractivity contribution in [3.05, 3.63) is 154 Å². The van der Waals surface area contributed by atoms with Crippen molar-refractivity contribution < 1.29 is 13.0 Å². The van der Waals surface area contributed by atoms with E-state index in [0.29, 0.717) is 22.6 Å². The van der Waals surface area contributed by atoms with Crippen LogP contribution >= 0.6 is 0 Å². The maximum Gasteiger partial charge on any atom is 0.146 e. The molecular weight excluding hydrogens is 769 g/mol. The van der Waals surface area contributed by atoms with Gasteiger partial charge in [-0.25, -0.2) is 9.97 Å². The summed E-state index contributed by atoms with van der Waals surface area (Å²) in [5, 5.41) is 4.67. The summed E-state index contributed by atoms with van der Waals surface area (Å²) in [6.45, 7) is 9.24. The molecule has 0 radical (unpaired) electrons. The topological polar surface area (TPSA) is 43.8 Å². The van der Waals surface area contributed by atoms with E-state index >= 15 is 0 Å². The van der Waals surface area contributed by atoms with Gasteiger partial charge < -0.3 is 4.74 Å². The number of imidazole rings is 2. The highest BCUT2D eigenvalue weighted by Gasteiger charge is 2.53.